The van der Waals surface area contributed by atoms with Crippen LogP contribution in [-0.4, -0.2) is 58.9 Å². The van der Waals surface area contributed by atoms with Crippen LogP contribution in [0.4, 0.5) is 0 Å². The van der Waals surface area contributed by atoms with Crippen molar-refractivity contribution in [2.45, 2.75) is 51.0 Å². The number of ether oxygens (including phenoxy) is 1. The number of fused-ring (bicyclic) bond motifs is 3. The molecule has 0 spiro atoms. The van der Waals surface area contributed by atoms with Gasteiger partial charge in [-0.1, -0.05) is 12.1 Å². The first-order valence-electron chi connectivity index (χ1n) is 11.4. The lowest BCUT2D eigenvalue weighted by atomic mass is 9.95. The predicted octanol–water partition coefficient (Wildman–Crippen LogP) is 3.71. The third-order valence-electron chi connectivity index (χ3n) is 6.26. The minimum atomic E-state index is -0.0712. The van der Waals surface area contributed by atoms with Gasteiger partial charge in [0.2, 0.25) is 5.91 Å². The fraction of sp³-hybridized carbons (Fsp3) is 0.480. The smallest absolute Gasteiger partial charge is 0.255 e. The molecule has 1 aromatic heterocycles. The topological polar surface area (TPSA) is 62.7 Å². The average Bonchev–Trinajstić information content (AvgIpc) is 2.82. The summed E-state index contributed by atoms with van der Waals surface area (Å²) < 4.78 is 5.98. The first-order chi connectivity index (χ1) is 15.2. The zero-order valence-electron chi connectivity index (χ0n) is 18.0. The summed E-state index contributed by atoms with van der Waals surface area (Å²) in [7, 11) is 0. The Balaban J connectivity index is 1.52. The van der Waals surface area contributed by atoms with Crippen LogP contribution < -0.4 is 4.74 Å². The Labute approximate surface area is 184 Å². The maximum absolute atomic E-state index is 13.0. The van der Waals surface area contributed by atoms with E-state index in [0.29, 0.717) is 44.1 Å². The van der Waals surface area contributed by atoms with Crippen LogP contribution in [0.15, 0.2) is 48.8 Å². The van der Waals surface area contributed by atoms with Crippen LogP contribution in [0.1, 0.15) is 54.4 Å². The van der Waals surface area contributed by atoms with Gasteiger partial charge in [-0.25, -0.2) is 0 Å². The highest BCUT2D eigenvalue weighted by Crippen LogP contribution is 2.24. The lowest BCUT2D eigenvalue weighted by molar-refractivity contribution is -0.135. The molecule has 6 nitrogen and oxygen atoms in total. The molecule has 1 atom stereocenters. The number of aromatic nitrogens is 1. The summed E-state index contributed by atoms with van der Waals surface area (Å²) in [5.74, 6) is 0.981. The standard InChI is InChI=1S/C25H31N3O3/c29-24-10-5-14-27(25(30)21-7-4-13-26-19-21)16-17-31-23-9-3-6-20(18-23)11-12-22-8-1-2-15-28(22)24/h3-4,6-7,9,13,18-19,22H,1-2,5,8,10-12,14-17H2. The minimum absolute atomic E-state index is 0.0712. The molecule has 0 radical (unpaired) electrons. The average molecular weight is 422 g/mol. The second kappa shape index (κ2) is 10.4. The fourth-order valence-electron chi connectivity index (χ4n) is 4.58. The third-order valence-corrected chi connectivity index (χ3v) is 6.26. The number of aryl methyl sites for hydroxylation is 1. The molecule has 31 heavy (non-hydrogen) atoms. The van der Waals surface area contributed by atoms with Crippen molar-refractivity contribution in [1.82, 2.24) is 14.8 Å². The highest BCUT2D eigenvalue weighted by atomic mass is 16.5. The van der Waals surface area contributed by atoms with Crippen LogP contribution in [0, 0.1) is 0 Å². The molecule has 164 valence electrons. The summed E-state index contributed by atoms with van der Waals surface area (Å²) in [6.45, 7) is 2.27. The minimum Gasteiger partial charge on any atom is -0.492 e. The summed E-state index contributed by atoms with van der Waals surface area (Å²) in [5, 5.41) is 0. The lowest BCUT2D eigenvalue weighted by Gasteiger charge is -2.36. The Morgan fingerprint density at radius 3 is 2.81 bits per heavy atom. The number of benzene rings is 1. The zero-order chi connectivity index (χ0) is 21.5. The Morgan fingerprint density at radius 2 is 1.94 bits per heavy atom. The summed E-state index contributed by atoms with van der Waals surface area (Å²) in [4.78, 5) is 34.0. The number of nitrogens with zero attached hydrogens (tertiary/aromatic N) is 3. The van der Waals surface area contributed by atoms with Gasteiger partial charge in [0.15, 0.2) is 0 Å². The maximum Gasteiger partial charge on any atom is 0.255 e. The SMILES string of the molecule is O=C(c1cccnc1)N1CCCC(=O)N2CCCCC2CCc2cccc(c2)OCC1. The maximum atomic E-state index is 13.0. The molecule has 2 amide bonds. The molecule has 0 saturated carbocycles. The largest absolute Gasteiger partial charge is 0.492 e. The van der Waals surface area contributed by atoms with Gasteiger partial charge in [-0.15, -0.1) is 0 Å². The first kappa shape index (κ1) is 21.3. The summed E-state index contributed by atoms with van der Waals surface area (Å²) in [6.07, 6.45) is 9.65. The number of hydrogen-bond acceptors (Lipinski definition) is 4. The quantitative estimate of drug-likeness (QED) is 0.704. The Bertz CT molecular complexity index is 887. The van der Waals surface area contributed by atoms with E-state index in [9.17, 15) is 9.59 Å². The van der Waals surface area contributed by atoms with Gasteiger partial charge in [-0.3, -0.25) is 14.6 Å². The van der Waals surface area contributed by atoms with E-state index in [1.54, 1.807) is 29.4 Å². The molecule has 2 aliphatic rings. The molecule has 2 aromatic rings. The second-order valence-electron chi connectivity index (χ2n) is 8.41. The van der Waals surface area contributed by atoms with E-state index in [1.165, 1.54) is 12.0 Å². The van der Waals surface area contributed by atoms with Crippen molar-refractivity contribution in [3.63, 3.8) is 0 Å². The third kappa shape index (κ3) is 5.63. The van der Waals surface area contributed by atoms with E-state index in [4.69, 9.17) is 4.74 Å². The van der Waals surface area contributed by atoms with Crippen molar-refractivity contribution in [3.8, 4) is 5.75 Å². The molecule has 1 unspecified atom stereocenters. The number of rotatable bonds is 1. The molecule has 3 heterocycles. The fourth-order valence-corrected chi connectivity index (χ4v) is 4.58. The van der Waals surface area contributed by atoms with Gasteiger partial charge in [-0.2, -0.15) is 0 Å². The van der Waals surface area contributed by atoms with Crippen molar-refractivity contribution < 1.29 is 14.3 Å². The molecule has 1 saturated heterocycles. The number of carbonyl (C=O) groups excluding carboxylic acids is 2. The van der Waals surface area contributed by atoms with Crippen LogP contribution in [0.25, 0.3) is 0 Å². The molecule has 1 aromatic carbocycles. The van der Waals surface area contributed by atoms with E-state index in [0.717, 1.165) is 38.0 Å². The Kier molecular flexibility index (Phi) is 7.18. The highest BCUT2D eigenvalue weighted by Gasteiger charge is 2.26. The Morgan fingerprint density at radius 1 is 1.00 bits per heavy atom. The van der Waals surface area contributed by atoms with Gasteiger partial charge in [-0.05, 0) is 68.4 Å². The summed E-state index contributed by atoms with van der Waals surface area (Å²) in [6, 6.07) is 12.0. The van der Waals surface area contributed by atoms with Crippen LogP contribution in [-0.2, 0) is 11.2 Å². The van der Waals surface area contributed by atoms with E-state index < -0.39 is 0 Å². The molecule has 1 fully saturated rings. The van der Waals surface area contributed by atoms with Gasteiger partial charge in [0.1, 0.15) is 12.4 Å². The number of carbonyl (C=O) groups is 2. The molecule has 0 aliphatic carbocycles. The van der Waals surface area contributed by atoms with Crippen molar-refractivity contribution in [1.29, 1.82) is 0 Å². The molecule has 4 rings (SSSR count). The van der Waals surface area contributed by atoms with E-state index in [-0.39, 0.29) is 11.8 Å². The number of pyridine rings is 1. The first-order valence-corrected chi connectivity index (χ1v) is 11.4. The lowest BCUT2D eigenvalue weighted by Crippen LogP contribution is -2.44. The Hall–Kier alpha value is -2.89. The predicted molar refractivity (Wildman–Crippen MR) is 119 cm³/mol. The number of piperidine rings is 1. The second-order valence-corrected chi connectivity index (χ2v) is 8.41. The van der Waals surface area contributed by atoms with Gasteiger partial charge >= 0.3 is 0 Å². The summed E-state index contributed by atoms with van der Waals surface area (Å²) >= 11 is 0. The molecular formula is C25H31N3O3. The van der Waals surface area contributed by atoms with Crippen molar-refractivity contribution in [2.75, 3.05) is 26.2 Å². The van der Waals surface area contributed by atoms with Gasteiger partial charge in [0.25, 0.3) is 5.91 Å². The van der Waals surface area contributed by atoms with Crippen LogP contribution in [0.3, 0.4) is 0 Å². The molecular weight excluding hydrogens is 390 g/mol. The molecule has 2 aliphatic heterocycles. The van der Waals surface area contributed by atoms with Gasteiger partial charge < -0.3 is 14.5 Å². The molecule has 0 N–H and O–H groups in total. The number of hydrogen-bond donors (Lipinski definition) is 0. The van der Waals surface area contributed by atoms with Gasteiger partial charge in [0.05, 0.1) is 12.1 Å². The molecule has 2 bridgehead atoms. The summed E-state index contributed by atoms with van der Waals surface area (Å²) in [5.41, 5.74) is 1.79. The van der Waals surface area contributed by atoms with Crippen molar-refractivity contribution in [3.05, 3.63) is 59.9 Å². The number of amides is 2. The highest BCUT2D eigenvalue weighted by molar-refractivity contribution is 5.93. The van der Waals surface area contributed by atoms with Crippen LogP contribution in [0.5, 0.6) is 5.75 Å². The van der Waals surface area contributed by atoms with E-state index in [1.807, 2.05) is 12.1 Å². The monoisotopic (exact) mass is 421 g/mol. The van der Waals surface area contributed by atoms with Crippen LogP contribution >= 0.6 is 0 Å². The normalized spacial score (nSPS) is 20.8. The van der Waals surface area contributed by atoms with E-state index in [2.05, 4.69) is 22.0 Å². The van der Waals surface area contributed by atoms with Crippen molar-refractivity contribution in [2.24, 2.45) is 0 Å². The van der Waals surface area contributed by atoms with E-state index >= 15 is 0 Å². The van der Waals surface area contributed by atoms with Crippen LogP contribution in [0.2, 0.25) is 0 Å². The zero-order valence-corrected chi connectivity index (χ0v) is 18.0. The van der Waals surface area contributed by atoms with Crippen molar-refractivity contribution >= 4 is 11.8 Å². The molecule has 6 heteroatoms. The van der Waals surface area contributed by atoms with Gasteiger partial charge in [0, 0.05) is 37.9 Å².